The third-order valence-electron chi connectivity index (χ3n) is 1.92. The van der Waals surface area contributed by atoms with Gasteiger partial charge >= 0.3 is 0 Å². The molecule has 0 fully saturated rings. The Morgan fingerprint density at radius 3 is 2.58 bits per heavy atom. The van der Waals surface area contributed by atoms with Gasteiger partial charge in [0.15, 0.2) is 5.78 Å². The number of aryl methyl sites for hydroxylation is 2. The predicted octanol–water partition coefficient (Wildman–Crippen LogP) is 3.35. The normalized spacial score (nSPS) is 10.2. The van der Waals surface area contributed by atoms with Gasteiger partial charge in [0, 0.05) is 11.3 Å². The smallest absolute Gasteiger partial charge is 0.172 e. The monoisotopic (exact) mass is 182 g/mol. The number of carbonyl (C=O) groups is 1. The van der Waals surface area contributed by atoms with Crippen LogP contribution in [0.1, 0.15) is 39.9 Å². The van der Waals surface area contributed by atoms with E-state index in [2.05, 4.69) is 13.8 Å². The Balaban J connectivity index is 2.82. The summed E-state index contributed by atoms with van der Waals surface area (Å²) in [5, 5.41) is 0. The SMILES string of the molecule is CCCC(=O)c1cc(C)c(C)s1. The highest BCUT2D eigenvalue weighted by atomic mass is 32.1. The lowest BCUT2D eigenvalue weighted by atomic mass is 10.2. The molecule has 0 saturated carbocycles. The molecule has 12 heavy (non-hydrogen) atoms. The van der Waals surface area contributed by atoms with E-state index >= 15 is 0 Å². The molecule has 0 aliphatic rings. The molecule has 0 spiro atoms. The van der Waals surface area contributed by atoms with Gasteiger partial charge in [-0.3, -0.25) is 4.79 Å². The molecule has 0 aliphatic carbocycles. The summed E-state index contributed by atoms with van der Waals surface area (Å²) in [5.41, 5.74) is 1.24. The van der Waals surface area contributed by atoms with E-state index in [9.17, 15) is 4.79 Å². The van der Waals surface area contributed by atoms with Crippen LogP contribution in [0.2, 0.25) is 0 Å². The molecule has 0 radical (unpaired) electrons. The van der Waals surface area contributed by atoms with E-state index in [1.54, 1.807) is 11.3 Å². The quantitative estimate of drug-likeness (QED) is 0.655. The number of thiophene rings is 1. The lowest BCUT2D eigenvalue weighted by Crippen LogP contribution is -1.93. The van der Waals surface area contributed by atoms with Gasteiger partial charge < -0.3 is 0 Å². The van der Waals surface area contributed by atoms with Crippen molar-refractivity contribution in [3.63, 3.8) is 0 Å². The maximum atomic E-state index is 11.4. The molecule has 0 saturated heterocycles. The predicted molar refractivity (Wildman–Crippen MR) is 53.0 cm³/mol. The summed E-state index contributed by atoms with van der Waals surface area (Å²) in [6.07, 6.45) is 1.62. The second kappa shape index (κ2) is 3.85. The van der Waals surface area contributed by atoms with Gasteiger partial charge in [0.25, 0.3) is 0 Å². The first-order valence-corrected chi connectivity index (χ1v) is 5.07. The third-order valence-corrected chi connectivity index (χ3v) is 3.11. The van der Waals surface area contributed by atoms with E-state index in [1.165, 1.54) is 10.4 Å². The van der Waals surface area contributed by atoms with Crippen molar-refractivity contribution in [1.82, 2.24) is 0 Å². The number of carbonyl (C=O) groups excluding carboxylic acids is 1. The van der Waals surface area contributed by atoms with Crippen molar-refractivity contribution in [3.05, 3.63) is 21.4 Å². The highest BCUT2D eigenvalue weighted by Gasteiger charge is 2.08. The molecule has 1 rings (SSSR count). The summed E-state index contributed by atoms with van der Waals surface area (Å²) in [6, 6.07) is 2.00. The Morgan fingerprint density at radius 1 is 1.50 bits per heavy atom. The second-order valence-electron chi connectivity index (χ2n) is 3.02. The lowest BCUT2D eigenvalue weighted by molar-refractivity contribution is 0.0985. The summed E-state index contributed by atoms with van der Waals surface area (Å²) in [4.78, 5) is 13.6. The Bertz CT molecular complexity index is 267. The van der Waals surface area contributed by atoms with Crippen LogP contribution in [0.5, 0.6) is 0 Å². The number of hydrogen-bond acceptors (Lipinski definition) is 2. The van der Waals surface area contributed by atoms with Crippen molar-refractivity contribution < 1.29 is 4.79 Å². The highest BCUT2D eigenvalue weighted by molar-refractivity contribution is 7.14. The number of hydrogen-bond donors (Lipinski definition) is 0. The molecule has 0 atom stereocenters. The molecule has 0 aliphatic heterocycles. The fourth-order valence-corrected chi connectivity index (χ4v) is 2.06. The molecular weight excluding hydrogens is 168 g/mol. The molecule has 1 aromatic rings. The maximum absolute atomic E-state index is 11.4. The third kappa shape index (κ3) is 1.95. The van der Waals surface area contributed by atoms with Gasteiger partial charge in [0.2, 0.25) is 0 Å². The average Bonchev–Trinajstić information content (AvgIpc) is 2.33. The lowest BCUT2D eigenvalue weighted by Gasteiger charge is -1.91. The van der Waals surface area contributed by atoms with Gasteiger partial charge in [-0.25, -0.2) is 0 Å². The van der Waals surface area contributed by atoms with Crippen molar-refractivity contribution in [2.75, 3.05) is 0 Å². The first-order chi connectivity index (χ1) is 5.65. The summed E-state index contributed by atoms with van der Waals surface area (Å²) < 4.78 is 0. The molecule has 0 unspecified atom stereocenters. The van der Waals surface area contributed by atoms with Gasteiger partial charge in [-0.2, -0.15) is 0 Å². The zero-order chi connectivity index (χ0) is 9.14. The summed E-state index contributed by atoms with van der Waals surface area (Å²) in [6.45, 7) is 6.14. The van der Waals surface area contributed by atoms with Crippen LogP contribution in [0.25, 0.3) is 0 Å². The minimum Gasteiger partial charge on any atom is -0.293 e. The van der Waals surface area contributed by atoms with E-state index in [4.69, 9.17) is 0 Å². The van der Waals surface area contributed by atoms with E-state index < -0.39 is 0 Å². The van der Waals surface area contributed by atoms with Crippen molar-refractivity contribution >= 4 is 17.1 Å². The van der Waals surface area contributed by atoms with Gasteiger partial charge in [-0.15, -0.1) is 11.3 Å². The maximum Gasteiger partial charge on any atom is 0.172 e. The minimum atomic E-state index is 0.290. The molecule has 66 valence electrons. The molecule has 0 bridgehead atoms. The van der Waals surface area contributed by atoms with Gasteiger partial charge in [-0.05, 0) is 31.9 Å². The van der Waals surface area contributed by atoms with Crippen molar-refractivity contribution in [2.45, 2.75) is 33.6 Å². The summed E-state index contributed by atoms with van der Waals surface area (Å²) in [7, 11) is 0. The van der Waals surface area contributed by atoms with Gasteiger partial charge in [-0.1, -0.05) is 6.92 Å². The van der Waals surface area contributed by atoms with E-state index in [-0.39, 0.29) is 0 Å². The first kappa shape index (κ1) is 9.46. The van der Waals surface area contributed by atoms with E-state index in [0.29, 0.717) is 12.2 Å². The van der Waals surface area contributed by atoms with Crippen molar-refractivity contribution in [1.29, 1.82) is 0 Å². The molecule has 1 heterocycles. The van der Waals surface area contributed by atoms with Crippen LogP contribution in [0, 0.1) is 13.8 Å². The highest BCUT2D eigenvalue weighted by Crippen LogP contribution is 2.22. The zero-order valence-electron chi connectivity index (χ0n) is 7.81. The van der Waals surface area contributed by atoms with Crippen LogP contribution in [-0.4, -0.2) is 5.78 Å². The van der Waals surface area contributed by atoms with Crippen LogP contribution in [0.4, 0.5) is 0 Å². The average molecular weight is 182 g/mol. The number of Topliss-reactive ketones (excluding diaryl/α,β-unsaturated/α-hetero) is 1. The Hall–Kier alpha value is -0.630. The van der Waals surface area contributed by atoms with E-state index in [1.807, 2.05) is 13.0 Å². The topological polar surface area (TPSA) is 17.1 Å². The van der Waals surface area contributed by atoms with Crippen LogP contribution < -0.4 is 0 Å². The fraction of sp³-hybridized carbons (Fsp3) is 0.500. The molecule has 0 aromatic carbocycles. The molecule has 0 N–H and O–H groups in total. The van der Waals surface area contributed by atoms with Crippen molar-refractivity contribution in [2.24, 2.45) is 0 Å². The standard InChI is InChI=1S/C10H14OS/c1-4-5-9(11)10-6-7(2)8(3)12-10/h6H,4-5H2,1-3H3. The van der Waals surface area contributed by atoms with Crippen LogP contribution in [-0.2, 0) is 0 Å². The minimum absolute atomic E-state index is 0.290. The Morgan fingerprint density at radius 2 is 2.17 bits per heavy atom. The molecule has 2 heteroatoms. The van der Waals surface area contributed by atoms with Crippen LogP contribution in [0.15, 0.2) is 6.07 Å². The first-order valence-electron chi connectivity index (χ1n) is 4.25. The fourth-order valence-electron chi connectivity index (χ4n) is 1.06. The number of rotatable bonds is 3. The van der Waals surface area contributed by atoms with Crippen LogP contribution in [0.3, 0.4) is 0 Å². The largest absolute Gasteiger partial charge is 0.293 e. The van der Waals surface area contributed by atoms with Crippen LogP contribution >= 0.6 is 11.3 Å². The van der Waals surface area contributed by atoms with Gasteiger partial charge in [0.1, 0.15) is 0 Å². The van der Waals surface area contributed by atoms with Gasteiger partial charge in [0.05, 0.1) is 4.88 Å². The van der Waals surface area contributed by atoms with Crippen molar-refractivity contribution in [3.8, 4) is 0 Å². The second-order valence-corrected chi connectivity index (χ2v) is 4.28. The molecular formula is C10H14OS. The summed E-state index contributed by atoms with van der Waals surface area (Å²) >= 11 is 1.61. The Kier molecular flexibility index (Phi) is 3.04. The van der Waals surface area contributed by atoms with E-state index in [0.717, 1.165) is 11.3 Å². The number of ketones is 1. The summed E-state index contributed by atoms with van der Waals surface area (Å²) in [5.74, 6) is 0.290. The Labute approximate surface area is 77.4 Å². The molecule has 0 amide bonds. The molecule has 1 aromatic heterocycles. The zero-order valence-corrected chi connectivity index (χ0v) is 8.62. The molecule has 1 nitrogen and oxygen atoms in total.